The summed E-state index contributed by atoms with van der Waals surface area (Å²) >= 11 is 0. The van der Waals surface area contributed by atoms with Crippen LogP contribution in [-0.2, 0) is 16.1 Å². The monoisotopic (exact) mass is 402 g/mol. The number of hydrogen-bond donors (Lipinski definition) is 2. The lowest BCUT2D eigenvalue weighted by molar-refractivity contribution is -0.136. The third kappa shape index (κ3) is 5.58. The van der Waals surface area contributed by atoms with Gasteiger partial charge in [0, 0.05) is 19.7 Å². The molecule has 6 heteroatoms. The topological polar surface area (TPSA) is 92.9 Å². The van der Waals surface area contributed by atoms with Crippen LogP contribution in [0.2, 0.25) is 0 Å². The zero-order valence-electron chi connectivity index (χ0n) is 17.6. The maximum atomic E-state index is 12.6. The van der Waals surface area contributed by atoms with Crippen molar-refractivity contribution in [3.8, 4) is 0 Å². The van der Waals surface area contributed by atoms with Gasteiger partial charge in [-0.3, -0.25) is 4.79 Å². The van der Waals surface area contributed by atoms with E-state index in [9.17, 15) is 14.7 Å². The number of nitrogens with zero attached hydrogens (tertiary/aromatic N) is 1. The van der Waals surface area contributed by atoms with Crippen LogP contribution in [0.4, 0.5) is 0 Å². The molecule has 160 valence electrons. The second-order valence-electron chi connectivity index (χ2n) is 8.87. The van der Waals surface area contributed by atoms with Crippen LogP contribution in [0.1, 0.15) is 66.4 Å². The number of aryl methyl sites for hydroxylation is 1. The first-order valence-corrected chi connectivity index (χ1v) is 10.8. The normalized spacial score (nSPS) is 23.3. The number of carbonyl (C=O) groups is 2. The Kier molecular flexibility index (Phi) is 7.30. The average molecular weight is 403 g/mol. The van der Waals surface area contributed by atoms with Gasteiger partial charge in [0.05, 0.1) is 18.2 Å². The molecule has 29 heavy (non-hydrogen) atoms. The van der Waals surface area contributed by atoms with E-state index in [1.807, 2.05) is 24.9 Å². The Morgan fingerprint density at radius 1 is 1.17 bits per heavy atom. The van der Waals surface area contributed by atoms with Crippen molar-refractivity contribution in [2.45, 2.75) is 70.6 Å². The van der Waals surface area contributed by atoms with E-state index >= 15 is 0 Å². The molecule has 1 amide bonds. The number of likely N-dealkylation sites (N-methyl/N-ethyl adjacent to an activating group) is 1. The van der Waals surface area contributed by atoms with Crippen LogP contribution >= 0.6 is 0 Å². The van der Waals surface area contributed by atoms with E-state index in [1.165, 1.54) is 6.42 Å². The Hall–Kier alpha value is -1.92. The van der Waals surface area contributed by atoms with Crippen LogP contribution in [0.5, 0.6) is 0 Å². The van der Waals surface area contributed by atoms with Gasteiger partial charge in [-0.25, -0.2) is 4.79 Å². The SMILES string of the molecule is Cc1cc(COCC2CCC([C@H](N)C(=O)N(C)C3CCC3)CC2)cc(C(=O)O)c1. The van der Waals surface area contributed by atoms with Gasteiger partial charge in [0.25, 0.3) is 0 Å². The molecule has 1 aromatic carbocycles. The number of carbonyl (C=O) groups excluding carboxylic acids is 1. The van der Waals surface area contributed by atoms with Crippen molar-refractivity contribution in [2.75, 3.05) is 13.7 Å². The van der Waals surface area contributed by atoms with E-state index in [1.54, 1.807) is 12.1 Å². The first-order valence-electron chi connectivity index (χ1n) is 10.8. The predicted molar refractivity (Wildman–Crippen MR) is 112 cm³/mol. The largest absolute Gasteiger partial charge is 0.478 e. The summed E-state index contributed by atoms with van der Waals surface area (Å²) < 4.78 is 5.88. The molecule has 0 spiro atoms. The molecule has 1 aromatic rings. The van der Waals surface area contributed by atoms with Gasteiger partial charge in [0.15, 0.2) is 0 Å². The lowest BCUT2D eigenvalue weighted by Gasteiger charge is -2.38. The van der Waals surface area contributed by atoms with Crippen molar-refractivity contribution >= 4 is 11.9 Å². The van der Waals surface area contributed by atoms with E-state index in [2.05, 4.69) is 0 Å². The molecular formula is C23H34N2O4. The highest BCUT2D eigenvalue weighted by Gasteiger charge is 2.34. The number of carboxylic acid groups (broad SMARTS) is 1. The highest BCUT2D eigenvalue weighted by atomic mass is 16.5. The molecule has 2 fully saturated rings. The Bertz CT molecular complexity index is 724. The Morgan fingerprint density at radius 3 is 2.45 bits per heavy atom. The van der Waals surface area contributed by atoms with Crippen LogP contribution in [0.3, 0.4) is 0 Å². The summed E-state index contributed by atoms with van der Waals surface area (Å²) in [5.41, 5.74) is 8.43. The van der Waals surface area contributed by atoms with Gasteiger partial charge in [-0.1, -0.05) is 6.07 Å². The minimum Gasteiger partial charge on any atom is -0.478 e. The highest BCUT2D eigenvalue weighted by molar-refractivity contribution is 5.88. The van der Waals surface area contributed by atoms with Gasteiger partial charge >= 0.3 is 5.97 Å². The fraction of sp³-hybridized carbons (Fsp3) is 0.652. The average Bonchev–Trinajstić information content (AvgIpc) is 2.65. The number of hydrogen-bond acceptors (Lipinski definition) is 4. The lowest BCUT2D eigenvalue weighted by atomic mass is 9.78. The lowest BCUT2D eigenvalue weighted by Crippen LogP contribution is -2.52. The molecule has 2 aliphatic carbocycles. The fourth-order valence-corrected chi connectivity index (χ4v) is 4.52. The van der Waals surface area contributed by atoms with Crippen molar-refractivity contribution in [1.29, 1.82) is 0 Å². The highest BCUT2D eigenvalue weighted by Crippen LogP contribution is 2.32. The third-order valence-corrected chi connectivity index (χ3v) is 6.66. The first-order chi connectivity index (χ1) is 13.8. The van der Waals surface area contributed by atoms with Gasteiger partial charge in [0.1, 0.15) is 0 Å². The maximum absolute atomic E-state index is 12.6. The summed E-state index contributed by atoms with van der Waals surface area (Å²) in [5.74, 6) is -0.0805. The maximum Gasteiger partial charge on any atom is 0.335 e. The molecule has 1 atom stereocenters. The van der Waals surface area contributed by atoms with E-state index in [0.29, 0.717) is 30.7 Å². The van der Waals surface area contributed by atoms with E-state index in [0.717, 1.165) is 49.7 Å². The van der Waals surface area contributed by atoms with Crippen molar-refractivity contribution in [2.24, 2.45) is 17.6 Å². The van der Waals surface area contributed by atoms with Crippen molar-refractivity contribution in [3.63, 3.8) is 0 Å². The van der Waals surface area contributed by atoms with E-state index in [4.69, 9.17) is 10.5 Å². The summed E-state index contributed by atoms with van der Waals surface area (Å²) in [7, 11) is 1.90. The second-order valence-corrected chi connectivity index (χ2v) is 8.87. The molecule has 2 saturated carbocycles. The molecule has 3 rings (SSSR count). The molecule has 0 bridgehead atoms. The summed E-state index contributed by atoms with van der Waals surface area (Å²) in [5, 5.41) is 9.18. The van der Waals surface area contributed by atoms with Gasteiger partial charge in [0.2, 0.25) is 5.91 Å². The number of ether oxygens (including phenoxy) is 1. The summed E-state index contributed by atoms with van der Waals surface area (Å²) in [4.78, 5) is 25.7. The minimum absolute atomic E-state index is 0.100. The molecular weight excluding hydrogens is 368 g/mol. The van der Waals surface area contributed by atoms with Crippen molar-refractivity contribution in [3.05, 3.63) is 34.9 Å². The molecule has 0 saturated heterocycles. The number of rotatable bonds is 8. The predicted octanol–water partition coefficient (Wildman–Crippen LogP) is 3.35. The summed E-state index contributed by atoms with van der Waals surface area (Å²) in [6, 6.07) is 5.31. The minimum atomic E-state index is -0.915. The standard InChI is InChI=1S/C23H34N2O4/c1-15-10-17(12-19(11-15)23(27)28)14-29-13-16-6-8-18(9-7-16)21(24)22(26)25(2)20-4-3-5-20/h10-12,16,18,20-21H,3-9,13-14,24H2,1-2H3,(H,27,28)/t16?,18?,21-/m0/s1. The molecule has 6 nitrogen and oxygen atoms in total. The van der Waals surface area contributed by atoms with Crippen LogP contribution in [0, 0.1) is 18.8 Å². The van der Waals surface area contributed by atoms with Gasteiger partial charge < -0.3 is 20.5 Å². The number of benzene rings is 1. The van der Waals surface area contributed by atoms with Gasteiger partial charge in [-0.2, -0.15) is 0 Å². The van der Waals surface area contributed by atoms with E-state index < -0.39 is 5.97 Å². The zero-order valence-corrected chi connectivity index (χ0v) is 17.6. The Morgan fingerprint density at radius 2 is 1.86 bits per heavy atom. The molecule has 0 heterocycles. The summed E-state index contributed by atoms with van der Waals surface area (Å²) in [6.45, 7) is 2.98. The van der Waals surface area contributed by atoms with Crippen LogP contribution in [-0.4, -0.2) is 47.6 Å². The van der Waals surface area contributed by atoms with Crippen LogP contribution in [0.15, 0.2) is 18.2 Å². The van der Waals surface area contributed by atoms with Crippen LogP contribution < -0.4 is 5.73 Å². The molecule has 0 unspecified atom stereocenters. The smallest absolute Gasteiger partial charge is 0.335 e. The second kappa shape index (κ2) is 9.72. The molecule has 0 radical (unpaired) electrons. The molecule has 0 aliphatic heterocycles. The van der Waals surface area contributed by atoms with Gasteiger partial charge in [-0.15, -0.1) is 0 Å². The first kappa shape index (κ1) is 21.8. The molecule has 0 aromatic heterocycles. The number of aromatic carboxylic acids is 1. The molecule has 3 N–H and O–H groups in total. The van der Waals surface area contributed by atoms with E-state index in [-0.39, 0.29) is 17.9 Å². The molecule has 2 aliphatic rings. The summed E-state index contributed by atoms with van der Waals surface area (Å²) in [6.07, 6.45) is 7.39. The Balaban J connectivity index is 1.41. The van der Waals surface area contributed by atoms with Crippen molar-refractivity contribution in [1.82, 2.24) is 4.90 Å². The fourth-order valence-electron chi connectivity index (χ4n) is 4.52. The number of amides is 1. The quantitative estimate of drug-likeness (QED) is 0.696. The van der Waals surface area contributed by atoms with Gasteiger partial charge in [-0.05, 0) is 87.0 Å². The van der Waals surface area contributed by atoms with Crippen LogP contribution in [0.25, 0.3) is 0 Å². The zero-order chi connectivity index (χ0) is 21.0. The number of carboxylic acids is 1. The number of nitrogens with two attached hydrogens (primary N) is 1. The van der Waals surface area contributed by atoms with Crippen molar-refractivity contribution < 1.29 is 19.4 Å². The Labute approximate surface area is 173 Å². The third-order valence-electron chi connectivity index (χ3n) is 6.66.